The maximum Gasteiger partial charge on any atom is 0.342 e. The fourth-order valence-corrected chi connectivity index (χ4v) is 5.95. The van der Waals surface area contributed by atoms with E-state index >= 15 is 0 Å². The van der Waals surface area contributed by atoms with Crippen LogP contribution in [0.4, 0.5) is 16.2 Å². The van der Waals surface area contributed by atoms with E-state index in [0.717, 1.165) is 23.6 Å². The van der Waals surface area contributed by atoms with Crippen LogP contribution >= 0.6 is 11.6 Å². The minimum Gasteiger partial charge on any atom is -0.492 e. The van der Waals surface area contributed by atoms with Crippen molar-refractivity contribution in [1.29, 1.82) is 0 Å². The van der Waals surface area contributed by atoms with E-state index in [0.29, 0.717) is 23.6 Å². The molecule has 1 saturated carbocycles. The van der Waals surface area contributed by atoms with E-state index < -0.39 is 27.4 Å². The summed E-state index contributed by atoms with van der Waals surface area (Å²) in [6.07, 6.45) is 3.74. The van der Waals surface area contributed by atoms with Gasteiger partial charge in [-0.25, -0.2) is 13.2 Å². The zero-order chi connectivity index (χ0) is 23.1. The maximum atomic E-state index is 13.2. The number of fused-ring (bicyclic) bond motifs is 1. The molecule has 0 radical (unpaired) electrons. The number of aliphatic carboxylic acids is 1. The molecule has 0 saturated heterocycles. The summed E-state index contributed by atoms with van der Waals surface area (Å²) in [6, 6.07) is 9.52. The number of sulfonamides is 1. The van der Waals surface area contributed by atoms with Gasteiger partial charge >= 0.3 is 12.0 Å². The van der Waals surface area contributed by atoms with Gasteiger partial charge in [-0.2, -0.15) is 4.31 Å². The van der Waals surface area contributed by atoms with Gasteiger partial charge in [0, 0.05) is 18.1 Å². The van der Waals surface area contributed by atoms with Crippen molar-refractivity contribution in [3.63, 3.8) is 0 Å². The Bertz CT molecular complexity index is 1160. The van der Waals surface area contributed by atoms with Crippen LogP contribution in [0.25, 0.3) is 0 Å². The summed E-state index contributed by atoms with van der Waals surface area (Å²) in [7, 11) is -2.68. The number of anilines is 2. The molecule has 0 atom stereocenters. The monoisotopic (exact) mass is 478 g/mol. The second kappa shape index (κ2) is 8.29. The lowest BCUT2D eigenvalue weighted by molar-refractivity contribution is -0.153. The molecular weight excluding hydrogens is 456 g/mol. The number of carboxylic acid groups (broad SMARTS) is 1. The van der Waals surface area contributed by atoms with Gasteiger partial charge in [-0.3, -0.25) is 9.69 Å². The standard InChI is InChI=1S/C22H23ClN2O6S/c1-24-18-13-17(31-14-22(20(26)27)11-3-2-4-12-22)9-10-19(18)32(29,30)25(21(24)28)16-7-5-15(23)6-8-16/h5-10,13H,2-4,11-12,14H2,1H3,(H,26,27). The smallest absolute Gasteiger partial charge is 0.342 e. The third kappa shape index (κ3) is 3.80. The Balaban J connectivity index is 1.65. The predicted octanol–water partition coefficient (Wildman–Crippen LogP) is 4.52. The summed E-state index contributed by atoms with van der Waals surface area (Å²) in [5.74, 6) is -0.576. The number of nitrogens with zero attached hydrogens (tertiary/aromatic N) is 2. The molecule has 32 heavy (non-hydrogen) atoms. The number of carbonyl (C=O) groups excluding carboxylic acids is 1. The van der Waals surface area contributed by atoms with Crippen molar-refractivity contribution in [3.05, 3.63) is 47.5 Å². The zero-order valence-electron chi connectivity index (χ0n) is 17.5. The first-order valence-corrected chi connectivity index (χ1v) is 12.1. The molecule has 1 N–H and O–H groups in total. The lowest BCUT2D eigenvalue weighted by Crippen LogP contribution is -2.49. The van der Waals surface area contributed by atoms with E-state index in [-0.39, 0.29) is 22.9 Å². The Hall–Kier alpha value is -2.78. The highest BCUT2D eigenvalue weighted by atomic mass is 35.5. The van der Waals surface area contributed by atoms with Crippen LogP contribution in [0, 0.1) is 5.41 Å². The summed E-state index contributed by atoms with van der Waals surface area (Å²) < 4.78 is 33.0. The number of carboxylic acids is 1. The van der Waals surface area contributed by atoms with Crippen molar-refractivity contribution >= 4 is 45.0 Å². The van der Waals surface area contributed by atoms with E-state index in [2.05, 4.69) is 0 Å². The van der Waals surface area contributed by atoms with E-state index in [1.54, 1.807) is 0 Å². The van der Waals surface area contributed by atoms with Crippen molar-refractivity contribution in [2.45, 2.75) is 37.0 Å². The van der Waals surface area contributed by atoms with Crippen LogP contribution in [0.3, 0.4) is 0 Å². The highest BCUT2D eigenvalue weighted by Gasteiger charge is 2.42. The molecule has 0 bridgehead atoms. The molecule has 10 heteroatoms. The third-order valence-electron chi connectivity index (χ3n) is 6.11. The maximum absolute atomic E-state index is 13.2. The molecule has 1 fully saturated rings. The van der Waals surface area contributed by atoms with E-state index in [9.17, 15) is 23.1 Å². The second-order valence-corrected chi connectivity index (χ2v) is 10.3. The molecule has 8 nitrogen and oxygen atoms in total. The summed E-state index contributed by atoms with van der Waals surface area (Å²) in [5, 5.41) is 10.2. The summed E-state index contributed by atoms with van der Waals surface area (Å²) in [4.78, 5) is 26.0. The molecule has 2 aliphatic rings. The molecule has 170 valence electrons. The van der Waals surface area contributed by atoms with Crippen molar-refractivity contribution in [1.82, 2.24) is 0 Å². The quantitative estimate of drug-likeness (QED) is 0.677. The fraction of sp³-hybridized carbons (Fsp3) is 0.364. The molecule has 1 heterocycles. The van der Waals surface area contributed by atoms with Gasteiger partial charge in [0.25, 0.3) is 10.0 Å². The van der Waals surface area contributed by atoms with Gasteiger partial charge in [-0.1, -0.05) is 30.9 Å². The van der Waals surface area contributed by atoms with E-state index in [1.165, 1.54) is 54.4 Å². The first-order chi connectivity index (χ1) is 15.2. The van der Waals surface area contributed by atoms with Crippen molar-refractivity contribution in [2.75, 3.05) is 22.9 Å². The van der Waals surface area contributed by atoms with Gasteiger partial charge in [0.05, 0.1) is 11.4 Å². The first-order valence-electron chi connectivity index (χ1n) is 10.2. The van der Waals surface area contributed by atoms with Gasteiger partial charge in [0.1, 0.15) is 22.7 Å². The molecule has 2 aromatic carbocycles. The average molecular weight is 479 g/mol. The van der Waals surface area contributed by atoms with Crippen LogP contribution in [-0.2, 0) is 14.8 Å². The summed E-state index contributed by atoms with van der Waals surface area (Å²) >= 11 is 5.89. The number of amides is 2. The molecule has 0 aromatic heterocycles. The van der Waals surface area contributed by atoms with Crippen LogP contribution < -0.4 is 13.9 Å². The number of rotatable bonds is 5. The van der Waals surface area contributed by atoms with Gasteiger partial charge < -0.3 is 9.84 Å². The predicted molar refractivity (Wildman–Crippen MR) is 120 cm³/mol. The SMILES string of the molecule is CN1C(=O)N(c2ccc(Cl)cc2)S(=O)(=O)c2ccc(OCC3(C(=O)O)CCCCC3)cc21. The Morgan fingerprint density at radius 1 is 1.12 bits per heavy atom. The van der Waals surface area contributed by atoms with Crippen molar-refractivity contribution in [3.8, 4) is 5.75 Å². The minimum absolute atomic E-state index is 0.0115. The molecule has 1 aliphatic heterocycles. The largest absolute Gasteiger partial charge is 0.492 e. The molecule has 0 unspecified atom stereocenters. The van der Waals surface area contributed by atoms with Crippen LogP contribution in [-0.4, -0.2) is 39.2 Å². The lowest BCUT2D eigenvalue weighted by atomic mass is 9.75. The molecular formula is C22H23ClN2O6S. The lowest BCUT2D eigenvalue weighted by Gasteiger charge is -2.35. The van der Waals surface area contributed by atoms with Gasteiger partial charge in [-0.05, 0) is 49.2 Å². The van der Waals surface area contributed by atoms with E-state index in [4.69, 9.17) is 16.3 Å². The number of hydrogen-bond acceptors (Lipinski definition) is 5. The normalized spacial score (nSPS) is 19.4. The zero-order valence-corrected chi connectivity index (χ0v) is 19.0. The highest BCUT2D eigenvalue weighted by Crippen LogP contribution is 2.40. The number of benzene rings is 2. The fourth-order valence-electron chi connectivity index (χ4n) is 4.20. The second-order valence-electron chi connectivity index (χ2n) is 8.15. The number of ether oxygens (including phenoxy) is 1. The average Bonchev–Trinajstić information content (AvgIpc) is 2.78. The third-order valence-corrected chi connectivity index (χ3v) is 8.11. The van der Waals surface area contributed by atoms with Crippen LogP contribution in [0.2, 0.25) is 5.02 Å². The molecule has 2 amide bonds. The van der Waals surface area contributed by atoms with Gasteiger partial charge in [-0.15, -0.1) is 0 Å². The molecule has 1 aliphatic carbocycles. The minimum atomic E-state index is -4.16. The number of hydrogen-bond donors (Lipinski definition) is 1. The van der Waals surface area contributed by atoms with Crippen LogP contribution in [0.5, 0.6) is 5.75 Å². The number of urea groups is 1. The molecule has 4 rings (SSSR count). The van der Waals surface area contributed by atoms with E-state index in [1.807, 2.05) is 0 Å². The summed E-state index contributed by atoms with van der Waals surface area (Å²) in [6.45, 7) is -0.0115. The Labute approximate surface area is 191 Å². The van der Waals surface area contributed by atoms with Gasteiger partial charge in [0.15, 0.2) is 0 Å². The van der Waals surface area contributed by atoms with Crippen LogP contribution in [0.1, 0.15) is 32.1 Å². The molecule has 2 aromatic rings. The number of halogens is 1. The summed E-state index contributed by atoms with van der Waals surface area (Å²) in [5.41, 5.74) is -0.600. The van der Waals surface area contributed by atoms with Crippen molar-refractivity contribution < 1.29 is 27.9 Å². The highest BCUT2D eigenvalue weighted by molar-refractivity contribution is 7.94. The first kappa shape index (κ1) is 22.4. The Kier molecular flexibility index (Phi) is 5.81. The Morgan fingerprint density at radius 2 is 1.78 bits per heavy atom. The topological polar surface area (TPSA) is 104 Å². The number of carbonyl (C=O) groups is 2. The van der Waals surface area contributed by atoms with Crippen LogP contribution in [0.15, 0.2) is 47.4 Å². The Morgan fingerprint density at radius 3 is 2.41 bits per heavy atom. The van der Waals surface area contributed by atoms with Crippen molar-refractivity contribution in [2.24, 2.45) is 5.41 Å². The van der Waals surface area contributed by atoms with Gasteiger partial charge in [0.2, 0.25) is 0 Å². The molecule has 0 spiro atoms.